The maximum absolute atomic E-state index is 13.7. The molecule has 8 nitrogen and oxygen atoms in total. The molecule has 0 saturated carbocycles. The van der Waals surface area contributed by atoms with Crippen LogP contribution in [0.15, 0.2) is 52.2 Å². The highest BCUT2D eigenvalue weighted by Gasteiger charge is 2.33. The van der Waals surface area contributed by atoms with E-state index in [1.54, 1.807) is 6.07 Å². The Labute approximate surface area is 178 Å². The Morgan fingerprint density at radius 3 is 2.58 bits per heavy atom. The van der Waals surface area contributed by atoms with Gasteiger partial charge in [-0.25, -0.2) is 4.98 Å². The van der Waals surface area contributed by atoms with Crippen LogP contribution >= 0.6 is 0 Å². The lowest BCUT2D eigenvalue weighted by Crippen LogP contribution is -2.50. The van der Waals surface area contributed by atoms with Crippen molar-refractivity contribution in [3.63, 3.8) is 0 Å². The number of piperidine rings is 2. The van der Waals surface area contributed by atoms with Crippen LogP contribution in [0, 0.1) is 0 Å². The van der Waals surface area contributed by atoms with Gasteiger partial charge in [0.1, 0.15) is 12.2 Å². The Morgan fingerprint density at radius 1 is 1.13 bits per heavy atom. The van der Waals surface area contributed by atoms with Crippen LogP contribution in [-0.4, -0.2) is 37.3 Å². The van der Waals surface area contributed by atoms with Crippen LogP contribution in [0.4, 0.5) is 0 Å². The van der Waals surface area contributed by atoms with Gasteiger partial charge in [0.15, 0.2) is 0 Å². The average molecular weight is 420 g/mol. The van der Waals surface area contributed by atoms with E-state index in [-0.39, 0.29) is 17.3 Å². The lowest BCUT2D eigenvalue weighted by atomic mass is 9.84. The van der Waals surface area contributed by atoms with Crippen LogP contribution in [-0.2, 0) is 11.3 Å². The Hall–Kier alpha value is -3.26. The Bertz CT molecular complexity index is 1270. The minimum atomic E-state index is -1.10. The van der Waals surface area contributed by atoms with Crippen LogP contribution in [0.5, 0.6) is 0 Å². The van der Waals surface area contributed by atoms with Gasteiger partial charge in [-0.1, -0.05) is 18.6 Å². The summed E-state index contributed by atoms with van der Waals surface area (Å²) in [5.41, 5.74) is 1.46. The van der Waals surface area contributed by atoms with Crippen LogP contribution in [0.25, 0.3) is 22.3 Å². The summed E-state index contributed by atoms with van der Waals surface area (Å²) in [6, 6.07) is 11.4. The predicted octanol–water partition coefficient (Wildman–Crippen LogP) is 2.16. The van der Waals surface area contributed by atoms with E-state index in [9.17, 15) is 14.4 Å². The number of pyridine rings is 1. The van der Waals surface area contributed by atoms with Crippen molar-refractivity contribution in [2.24, 2.45) is 0 Å². The number of carboxylic acids is 1. The minimum Gasteiger partial charge on any atom is -0.480 e. The number of rotatable bonds is 4. The van der Waals surface area contributed by atoms with Crippen molar-refractivity contribution >= 4 is 17.0 Å². The maximum Gasteiger partial charge on any atom is 0.323 e. The van der Waals surface area contributed by atoms with Crippen LogP contribution in [0.2, 0.25) is 0 Å². The fourth-order valence-electron chi connectivity index (χ4n) is 5.08. The van der Waals surface area contributed by atoms with E-state index in [0.29, 0.717) is 23.2 Å². The molecule has 2 N–H and O–H groups in total. The summed E-state index contributed by atoms with van der Waals surface area (Å²) in [4.78, 5) is 41.6. The number of benzene rings is 1. The van der Waals surface area contributed by atoms with Gasteiger partial charge in [0.25, 0.3) is 11.1 Å². The molecule has 2 unspecified atom stereocenters. The molecule has 2 atom stereocenters. The third-order valence-electron chi connectivity index (χ3n) is 6.42. The van der Waals surface area contributed by atoms with Crippen LogP contribution < -0.4 is 16.4 Å². The molecular weight excluding hydrogens is 396 g/mol. The quantitative estimate of drug-likeness (QED) is 0.670. The fourth-order valence-corrected chi connectivity index (χ4v) is 5.08. The van der Waals surface area contributed by atoms with E-state index < -0.39 is 18.1 Å². The Balaban J connectivity index is 1.65. The smallest absolute Gasteiger partial charge is 0.323 e. The number of hydrogen-bond acceptors (Lipinski definition) is 5. The zero-order valence-corrected chi connectivity index (χ0v) is 17.0. The molecule has 0 amide bonds. The van der Waals surface area contributed by atoms with Crippen molar-refractivity contribution < 1.29 is 9.90 Å². The van der Waals surface area contributed by atoms with E-state index in [0.717, 1.165) is 35.8 Å². The van der Waals surface area contributed by atoms with Gasteiger partial charge in [-0.3, -0.25) is 14.4 Å². The molecule has 0 aliphatic carbocycles. The summed E-state index contributed by atoms with van der Waals surface area (Å²) in [5.74, 6) is -1.10. The molecule has 2 aliphatic heterocycles. The highest BCUT2D eigenvalue weighted by Crippen LogP contribution is 2.34. The zero-order valence-electron chi connectivity index (χ0n) is 17.0. The first-order valence-electron chi connectivity index (χ1n) is 10.7. The SMILES string of the molecule is O=C(O)Cn1ccc(-c2nc3ccccc3n(C3CC4CCCC(C3)N4)c2=O)cc1=O. The molecule has 1 aromatic carbocycles. The summed E-state index contributed by atoms with van der Waals surface area (Å²) in [6.07, 6.45) is 6.66. The summed E-state index contributed by atoms with van der Waals surface area (Å²) in [7, 11) is 0. The van der Waals surface area contributed by atoms with Crippen LogP contribution in [0.3, 0.4) is 0 Å². The molecule has 5 rings (SSSR count). The molecule has 4 heterocycles. The lowest BCUT2D eigenvalue weighted by molar-refractivity contribution is -0.137. The van der Waals surface area contributed by atoms with E-state index in [1.807, 2.05) is 28.8 Å². The molecule has 2 fully saturated rings. The van der Waals surface area contributed by atoms with Gasteiger partial charge in [-0.15, -0.1) is 0 Å². The van der Waals surface area contributed by atoms with Gasteiger partial charge >= 0.3 is 5.97 Å². The zero-order chi connectivity index (χ0) is 21.5. The fraction of sp³-hybridized carbons (Fsp3) is 0.391. The van der Waals surface area contributed by atoms with E-state index >= 15 is 0 Å². The minimum absolute atomic E-state index is 0.0723. The van der Waals surface area contributed by atoms with Gasteiger partial charge in [0, 0.05) is 36.0 Å². The third kappa shape index (κ3) is 3.67. The van der Waals surface area contributed by atoms with E-state index in [1.165, 1.54) is 18.7 Å². The lowest BCUT2D eigenvalue weighted by Gasteiger charge is -2.41. The molecule has 8 heteroatoms. The molecular formula is C23H24N4O4. The number of fused-ring (bicyclic) bond motifs is 3. The van der Waals surface area contributed by atoms with Crippen molar-refractivity contribution in [1.82, 2.24) is 19.4 Å². The number of aliphatic carboxylic acids is 1. The van der Waals surface area contributed by atoms with Crippen molar-refractivity contribution in [2.45, 2.75) is 56.8 Å². The molecule has 3 aromatic rings. The van der Waals surface area contributed by atoms with Crippen LogP contribution in [0.1, 0.15) is 38.1 Å². The van der Waals surface area contributed by atoms with Gasteiger partial charge in [0.05, 0.1) is 11.0 Å². The Morgan fingerprint density at radius 2 is 1.87 bits per heavy atom. The van der Waals surface area contributed by atoms with Gasteiger partial charge < -0.3 is 19.6 Å². The normalized spacial score (nSPS) is 23.0. The number of aromatic nitrogens is 3. The second-order valence-electron chi connectivity index (χ2n) is 8.52. The average Bonchev–Trinajstić information content (AvgIpc) is 2.74. The molecule has 2 saturated heterocycles. The molecule has 31 heavy (non-hydrogen) atoms. The summed E-state index contributed by atoms with van der Waals surface area (Å²) in [5, 5.41) is 12.6. The standard InChI is InChI=1S/C23H24N4O4/c28-20-10-14(8-9-26(20)13-21(29)30)22-23(31)27(19-7-2-1-6-18(19)25-22)17-11-15-4-3-5-16(12-17)24-15/h1-2,6-10,15-17,24H,3-5,11-13H2,(H,29,30). The predicted molar refractivity (Wildman–Crippen MR) is 116 cm³/mol. The number of hydrogen-bond donors (Lipinski definition) is 2. The highest BCUT2D eigenvalue weighted by molar-refractivity contribution is 5.78. The molecule has 2 aromatic heterocycles. The molecule has 2 aliphatic rings. The summed E-state index contributed by atoms with van der Waals surface area (Å²) >= 11 is 0. The second kappa shape index (κ2) is 7.77. The monoisotopic (exact) mass is 420 g/mol. The van der Waals surface area contributed by atoms with Crippen molar-refractivity contribution in [2.75, 3.05) is 0 Å². The molecule has 2 bridgehead atoms. The number of nitrogens with zero attached hydrogens (tertiary/aromatic N) is 3. The largest absolute Gasteiger partial charge is 0.480 e. The molecule has 160 valence electrons. The van der Waals surface area contributed by atoms with E-state index in [4.69, 9.17) is 5.11 Å². The summed E-state index contributed by atoms with van der Waals surface area (Å²) in [6.45, 7) is -0.424. The van der Waals surface area contributed by atoms with Gasteiger partial charge in [0.2, 0.25) is 0 Å². The van der Waals surface area contributed by atoms with Crippen molar-refractivity contribution in [3.8, 4) is 11.3 Å². The number of para-hydroxylation sites is 2. The number of carboxylic acid groups (broad SMARTS) is 1. The first-order chi connectivity index (χ1) is 15.0. The number of carbonyl (C=O) groups is 1. The van der Waals surface area contributed by atoms with Gasteiger partial charge in [-0.2, -0.15) is 0 Å². The first-order valence-corrected chi connectivity index (χ1v) is 10.7. The molecule has 0 spiro atoms. The van der Waals surface area contributed by atoms with Gasteiger partial charge in [-0.05, 0) is 43.9 Å². The highest BCUT2D eigenvalue weighted by atomic mass is 16.4. The van der Waals surface area contributed by atoms with Crippen molar-refractivity contribution in [3.05, 3.63) is 63.3 Å². The second-order valence-corrected chi connectivity index (χ2v) is 8.52. The van der Waals surface area contributed by atoms with Crippen molar-refractivity contribution in [1.29, 1.82) is 0 Å². The first kappa shape index (κ1) is 19.7. The number of nitrogens with one attached hydrogen (secondary N) is 1. The topological polar surface area (TPSA) is 106 Å². The summed E-state index contributed by atoms with van der Waals surface area (Å²) < 4.78 is 2.96. The molecule has 0 radical (unpaired) electrons. The maximum atomic E-state index is 13.7. The third-order valence-corrected chi connectivity index (χ3v) is 6.42. The van der Waals surface area contributed by atoms with E-state index in [2.05, 4.69) is 10.3 Å². The Kier molecular flexibility index (Phi) is 4.94.